The monoisotopic (exact) mass is 389 g/mol. The van der Waals surface area contributed by atoms with Crippen LogP contribution in [0.25, 0.3) is 0 Å². The third-order valence-corrected chi connectivity index (χ3v) is 5.11. The van der Waals surface area contributed by atoms with E-state index in [4.69, 9.17) is 4.74 Å². The van der Waals surface area contributed by atoms with Crippen LogP contribution >= 0.6 is 0 Å². The summed E-state index contributed by atoms with van der Waals surface area (Å²) < 4.78 is 5.22. The van der Waals surface area contributed by atoms with E-state index in [1.807, 2.05) is 18.2 Å². The molecule has 1 saturated carbocycles. The zero-order valence-electron chi connectivity index (χ0n) is 17.8. The Morgan fingerprint density at radius 2 is 1.71 bits per heavy atom. The average Bonchev–Trinajstić information content (AvgIpc) is 3.07. The van der Waals surface area contributed by atoms with E-state index in [9.17, 15) is 9.59 Å². The van der Waals surface area contributed by atoms with Crippen molar-refractivity contribution < 1.29 is 14.3 Å². The number of ether oxygens (including phenoxy) is 1. The van der Waals surface area contributed by atoms with Gasteiger partial charge in [0.15, 0.2) is 0 Å². The molecule has 0 radical (unpaired) electrons. The Labute approximate surface area is 168 Å². The first-order valence-corrected chi connectivity index (χ1v) is 10.2. The van der Waals surface area contributed by atoms with Crippen LogP contribution in [0.2, 0.25) is 0 Å². The molecule has 6 heteroatoms. The highest BCUT2D eigenvalue weighted by Crippen LogP contribution is 2.31. The number of hydrogen-bond donors (Lipinski definition) is 3. The Morgan fingerprint density at radius 3 is 2.29 bits per heavy atom. The van der Waals surface area contributed by atoms with Gasteiger partial charge in [0, 0.05) is 18.1 Å². The summed E-state index contributed by atoms with van der Waals surface area (Å²) in [6.45, 7) is 9.75. The van der Waals surface area contributed by atoms with E-state index >= 15 is 0 Å². The third kappa shape index (κ3) is 6.82. The molecule has 156 valence electrons. The van der Waals surface area contributed by atoms with Gasteiger partial charge < -0.3 is 20.7 Å². The Kier molecular flexibility index (Phi) is 7.47. The lowest BCUT2D eigenvalue weighted by Crippen LogP contribution is -2.55. The van der Waals surface area contributed by atoms with E-state index in [0.29, 0.717) is 6.54 Å². The number of benzene rings is 1. The number of carbonyl (C=O) groups excluding carboxylic acids is 2. The number of hydrogen-bond acceptors (Lipinski definition) is 4. The van der Waals surface area contributed by atoms with Gasteiger partial charge in [-0.15, -0.1) is 0 Å². The van der Waals surface area contributed by atoms with Gasteiger partial charge in [-0.2, -0.15) is 0 Å². The third-order valence-electron chi connectivity index (χ3n) is 5.11. The summed E-state index contributed by atoms with van der Waals surface area (Å²) in [7, 11) is 0. The summed E-state index contributed by atoms with van der Waals surface area (Å²) in [4.78, 5) is 24.4. The molecular weight excluding hydrogens is 354 g/mol. The second-order valence-electron chi connectivity index (χ2n) is 8.85. The molecule has 0 aliphatic heterocycles. The minimum atomic E-state index is -0.653. The Morgan fingerprint density at radius 1 is 1.11 bits per heavy atom. The number of amides is 2. The zero-order chi connectivity index (χ0) is 20.8. The van der Waals surface area contributed by atoms with Crippen LogP contribution in [0.1, 0.15) is 71.9 Å². The first-order chi connectivity index (χ1) is 13.1. The lowest BCUT2D eigenvalue weighted by Gasteiger charge is -2.34. The molecule has 2 rings (SSSR count). The Bertz CT molecular complexity index is 649. The van der Waals surface area contributed by atoms with Gasteiger partial charge in [-0.3, -0.25) is 4.79 Å². The van der Waals surface area contributed by atoms with Gasteiger partial charge >= 0.3 is 6.09 Å². The van der Waals surface area contributed by atoms with Crippen LogP contribution in [0, 0.1) is 0 Å². The fourth-order valence-corrected chi connectivity index (χ4v) is 3.67. The largest absolute Gasteiger partial charge is 0.444 e. The quantitative estimate of drug-likeness (QED) is 0.665. The molecule has 0 heterocycles. The first kappa shape index (κ1) is 22.2. The summed E-state index contributed by atoms with van der Waals surface area (Å²) in [6, 6.07) is 9.88. The molecule has 1 fully saturated rings. The zero-order valence-corrected chi connectivity index (χ0v) is 17.8. The van der Waals surface area contributed by atoms with Crippen LogP contribution in [0.4, 0.5) is 4.79 Å². The van der Waals surface area contributed by atoms with Crippen molar-refractivity contribution in [1.82, 2.24) is 16.0 Å². The van der Waals surface area contributed by atoms with Crippen LogP contribution in [0.3, 0.4) is 0 Å². The highest BCUT2D eigenvalue weighted by atomic mass is 16.6. The highest BCUT2D eigenvalue weighted by Gasteiger charge is 2.35. The normalized spacial score (nSPS) is 18.2. The van der Waals surface area contributed by atoms with E-state index in [1.54, 1.807) is 27.7 Å². The van der Waals surface area contributed by atoms with E-state index in [-0.39, 0.29) is 17.5 Å². The lowest BCUT2D eigenvalue weighted by molar-refractivity contribution is -0.123. The maximum absolute atomic E-state index is 12.5. The number of carbonyl (C=O) groups is 2. The molecule has 1 aromatic carbocycles. The summed E-state index contributed by atoms with van der Waals surface area (Å²) in [5, 5.41) is 9.36. The maximum atomic E-state index is 12.5. The standard InChI is InChI=1S/C22H35N3O3/c1-16(18-11-7-6-8-12-18)25-22(13-9-10-14-22)15-23-19(26)17(2)24-20(27)28-21(3,4)5/h6-8,11-12,16-17,25H,9-10,13-15H2,1-5H3,(H,23,26)(H,24,27)/t16?,17-/m1/s1. The predicted molar refractivity (Wildman–Crippen MR) is 111 cm³/mol. The molecule has 2 amide bonds. The van der Waals surface area contributed by atoms with Crippen molar-refractivity contribution in [2.45, 2.75) is 83.5 Å². The van der Waals surface area contributed by atoms with Gasteiger partial charge in [-0.05, 0) is 53.0 Å². The van der Waals surface area contributed by atoms with Crippen molar-refractivity contribution in [3.8, 4) is 0 Å². The molecule has 1 aromatic rings. The summed E-state index contributed by atoms with van der Waals surface area (Å²) in [5.41, 5.74) is 0.530. The van der Waals surface area contributed by atoms with Crippen molar-refractivity contribution >= 4 is 12.0 Å². The molecule has 0 saturated heterocycles. The smallest absolute Gasteiger partial charge is 0.408 e. The molecule has 1 aliphatic rings. The van der Waals surface area contributed by atoms with Gasteiger partial charge in [-0.1, -0.05) is 43.2 Å². The second kappa shape index (κ2) is 9.41. The number of alkyl carbamates (subject to hydrolysis) is 1. The average molecular weight is 390 g/mol. The van der Waals surface area contributed by atoms with E-state index < -0.39 is 17.7 Å². The fraction of sp³-hybridized carbons (Fsp3) is 0.636. The molecule has 2 atom stereocenters. The Hall–Kier alpha value is -2.08. The molecule has 28 heavy (non-hydrogen) atoms. The predicted octanol–water partition coefficient (Wildman–Crippen LogP) is 3.68. The Balaban J connectivity index is 1.90. The lowest BCUT2D eigenvalue weighted by atomic mass is 9.94. The SMILES string of the molecule is CC(NC1(CNC(=O)[C@@H](C)NC(=O)OC(C)(C)C)CCCC1)c1ccccc1. The summed E-state index contributed by atoms with van der Waals surface area (Å²) in [5.74, 6) is -0.203. The van der Waals surface area contributed by atoms with Crippen LogP contribution in [-0.2, 0) is 9.53 Å². The van der Waals surface area contributed by atoms with Gasteiger partial charge in [0.2, 0.25) is 5.91 Å². The van der Waals surface area contributed by atoms with Crippen molar-refractivity contribution in [3.63, 3.8) is 0 Å². The van der Waals surface area contributed by atoms with Gasteiger partial charge in [0.25, 0.3) is 0 Å². The van der Waals surface area contributed by atoms with Crippen LogP contribution in [0.5, 0.6) is 0 Å². The van der Waals surface area contributed by atoms with Gasteiger partial charge in [-0.25, -0.2) is 4.79 Å². The summed E-state index contributed by atoms with van der Waals surface area (Å²) in [6.07, 6.45) is 3.77. The van der Waals surface area contributed by atoms with Crippen molar-refractivity contribution in [1.29, 1.82) is 0 Å². The van der Waals surface area contributed by atoms with Crippen LogP contribution < -0.4 is 16.0 Å². The van der Waals surface area contributed by atoms with Crippen molar-refractivity contribution in [3.05, 3.63) is 35.9 Å². The molecule has 0 aromatic heterocycles. The fourth-order valence-electron chi connectivity index (χ4n) is 3.67. The molecular formula is C22H35N3O3. The minimum Gasteiger partial charge on any atom is -0.444 e. The van der Waals surface area contributed by atoms with Crippen LogP contribution in [0.15, 0.2) is 30.3 Å². The van der Waals surface area contributed by atoms with Crippen LogP contribution in [-0.4, -0.2) is 35.7 Å². The first-order valence-electron chi connectivity index (χ1n) is 10.2. The molecule has 0 spiro atoms. The van der Waals surface area contributed by atoms with Gasteiger partial charge in [0.1, 0.15) is 11.6 Å². The van der Waals surface area contributed by atoms with E-state index in [0.717, 1.165) is 25.7 Å². The molecule has 1 unspecified atom stereocenters. The van der Waals surface area contributed by atoms with E-state index in [1.165, 1.54) is 5.56 Å². The molecule has 3 N–H and O–H groups in total. The minimum absolute atomic E-state index is 0.115. The van der Waals surface area contributed by atoms with Crippen molar-refractivity contribution in [2.24, 2.45) is 0 Å². The molecule has 6 nitrogen and oxygen atoms in total. The second-order valence-corrected chi connectivity index (χ2v) is 8.85. The van der Waals surface area contributed by atoms with Crippen molar-refractivity contribution in [2.75, 3.05) is 6.54 Å². The molecule has 1 aliphatic carbocycles. The molecule has 0 bridgehead atoms. The highest BCUT2D eigenvalue weighted by molar-refractivity contribution is 5.85. The number of nitrogens with one attached hydrogen (secondary N) is 3. The van der Waals surface area contributed by atoms with E-state index in [2.05, 4.69) is 35.0 Å². The number of rotatable bonds is 7. The van der Waals surface area contributed by atoms with Gasteiger partial charge in [0.05, 0.1) is 0 Å². The summed E-state index contributed by atoms with van der Waals surface area (Å²) >= 11 is 0. The topological polar surface area (TPSA) is 79.5 Å². The maximum Gasteiger partial charge on any atom is 0.408 e.